The summed E-state index contributed by atoms with van der Waals surface area (Å²) in [5, 5.41) is 11.9. The number of benzene rings is 1. The van der Waals surface area contributed by atoms with Gasteiger partial charge in [-0.05, 0) is 71.4 Å². The normalized spacial score (nSPS) is 18.5. The highest BCUT2D eigenvalue weighted by Crippen LogP contribution is 2.30. The van der Waals surface area contributed by atoms with E-state index in [0.29, 0.717) is 25.9 Å². The van der Waals surface area contributed by atoms with Gasteiger partial charge in [0.2, 0.25) is 0 Å². The van der Waals surface area contributed by atoms with Gasteiger partial charge in [0, 0.05) is 13.1 Å². The van der Waals surface area contributed by atoms with Gasteiger partial charge in [-0.3, -0.25) is 4.79 Å². The highest BCUT2D eigenvalue weighted by molar-refractivity contribution is 5.79. The molecule has 1 aromatic carbocycles. The lowest BCUT2D eigenvalue weighted by Gasteiger charge is -2.28. The third-order valence-electron chi connectivity index (χ3n) is 4.77. The minimum atomic E-state index is -0.593. The third-order valence-corrected chi connectivity index (χ3v) is 4.77. The van der Waals surface area contributed by atoms with E-state index in [1.807, 2.05) is 65.8 Å². The van der Waals surface area contributed by atoms with Crippen LogP contribution >= 0.6 is 0 Å². The number of carbonyl (C=O) groups excluding carboxylic acids is 2. The van der Waals surface area contributed by atoms with E-state index in [1.165, 1.54) is 6.21 Å². The molecule has 1 heterocycles. The van der Waals surface area contributed by atoms with E-state index in [0.717, 1.165) is 11.1 Å². The maximum atomic E-state index is 13.0. The van der Waals surface area contributed by atoms with Gasteiger partial charge < -0.3 is 19.6 Å². The van der Waals surface area contributed by atoms with E-state index in [2.05, 4.69) is 5.16 Å². The van der Waals surface area contributed by atoms with E-state index >= 15 is 0 Å². The molecule has 1 N–H and O–H groups in total. The predicted molar refractivity (Wildman–Crippen MR) is 115 cm³/mol. The number of hydrogen-bond acceptors (Lipinski definition) is 6. The molecule has 1 fully saturated rings. The van der Waals surface area contributed by atoms with Gasteiger partial charge in [0.25, 0.3) is 0 Å². The molecule has 1 unspecified atom stereocenters. The van der Waals surface area contributed by atoms with Gasteiger partial charge >= 0.3 is 12.1 Å². The second-order valence-electron chi connectivity index (χ2n) is 9.81. The Morgan fingerprint density at radius 1 is 1.20 bits per heavy atom. The van der Waals surface area contributed by atoms with Crippen molar-refractivity contribution < 1.29 is 24.3 Å². The van der Waals surface area contributed by atoms with Crippen LogP contribution in [-0.4, -0.2) is 52.7 Å². The minimum absolute atomic E-state index is 0.0254. The van der Waals surface area contributed by atoms with Crippen molar-refractivity contribution in [3.8, 4) is 0 Å². The number of oxime groups is 1. The van der Waals surface area contributed by atoms with Gasteiger partial charge in [-0.25, -0.2) is 4.79 Å². The third kappa shape index (κ3) is 7.35. The molecule has 0 radical (unpaired) electrons. The van der Waals surface area contributed by atoms with Crippen LogP contribution in [0.15, 0.2) is 29.4 Å². The Bertz CT molecular complexity index is 777. The van der Waals surface area contributed by atoms with Crippen LogP contribution in [0.4, 0.5) is 4.79 Å². The summed E-state index contributed by atoms with van der Waals surface area (Å²) in [6.45, 7) is 12.1. The Kier molecular flexibility index (Phi) is 7.50. The smallest absolute Gasteiger partial charge is 0.410 e. The summed E-state index contributed by atoms with van der Waals surface area (Å²) >= 11 is 0. The average molecular weight is 419 g/mol. The second-order valence-corrected chi connectivity index (χ2v) is 9.81. The molecule has 0 aromatic heterocycles. The fourth-order valence-electron chi connectivity index (χ4n) is 3.55. The first kappa shape index (κ1) is 23.7. The standard InChI is InChI=1S/C23H34N2O5/c1-22(2,3)29-20(26)19(13-16-8-7-9-17(12-16)14-24-28)18-10-11-25(15-18)21(27)30-23(4,5)6/h7-9,12,14,18-19,28H,10-11,13,15H2,1-6H3/t18-,19?/m0/s1. The van der Waals surface area contributed by atoms with E-state index in [4.69, 9.17) is 14.7 Å². The molecule has 30 heavy (non-hydrogen) atoms. The van der Waals surface area contributed by atoms with Crippen molar-refractivity contribution in [1.82, 2.24) is 4.90 Å². The molecule has 0 saturated carbocycles. The molecule has 166 valence electrons. The Hall–Kier alpha value is -2.57. The lowest BCUT2D eigenvalue weighted by Crippen LogP contribution is -2.38. The molecule has 1 aliphatic rings. The minimum Gasteiger partial charge on any atom is -0.460 e. The Morgan fingerprint density at radius 3 is 2.47 bits per heavy atom. The van der Waals surface area contributed by atoms with Gasteiger partial charge in [0.15, 0.2) is 0 Å². The van der Waals surface area contributed by atoms with Crippen molar-refractivity contribution in [3.05, 3.63) is 35.4 Å². The Labute approximate surface area is 179 Å². The summed E-state index contributed by atoms with van der Waals surface area (Å²) in [6, 6.07) is 7.51. The zero-order valence-electron chi connectivity index (χ0n) is 18.8. The van der Waals surface area contributed by atoms with Crippen LogP contribution in [0.25, 0.3) is 0 Å². The number of rotatable bonds is 5. The molecule has 1 aliphatic heterocycles. The van der Waals surface area contributed by atoms with Crippen molar-refractivity contribution in [2.24, 2.45) is 17.0 Å². The number of carbonyl (C=O) groups is 2. The summed E-state index contributed by atoms with van der Waals surface area (Å²) < 4.78 is 11.2. The first-order valence-corrected chi connectivity index (χ1v) is 10.3. The lowest BCUT2D eigenvalue weighted by atomic mass is 9.85. The van der Waals surface area contributed by atoms with Crippen LogP contribution in [0.1, 0.15) is 59.1 Å². The van der Waals surface area contributed by atoms with Crippen molar-refractivity contribution in [3.63, 3.8) is 0 Å². The van der Waals surface area contributed by atoms with Crippen LogP contribution in [-0.2, 0) is 20.7 Å². The number of likely N-dealkylation sites (tertiary alicyclic amines) is 1. The Morgan fingerprint density at radius 2 is 1.87 bits per heavy atom. The van der Waals surface area contributed by atoms with Gasteiger partial charge in [-0.2, -0.15) is 0 Å². The number of esters is 1. The Balaban J connectivity index is 2.19. The second kappa shape index (κ2) is 9.49. The van der Waals surface area contributed by atoms with Gasteiger partial charge in [-0.1, -0.05) is 29.4 Å². The summed E-state index contributed by atoms with van der Waals surface area (Å²) in [5.74, 6) is -0.680. The van der Waals surface area contributed by atoms with Gasteiger partial charge in [0.1, 0.15) is 11.2 Å². The molecule has 7 nitrogen and oxygen atoms in total. The number of amides is 1. The lowest BCUT2D eigenvalue weighted by molar-refractivity contribution is -0.161. The van der Waals surface area contributed by atoms with E-state index in [-0.39, 0.29) is 18.0 Å². The first-order chi connectivity index (χ1) is 13.9. The van der Waals surface area contributed by atoms with E-state index < -0.39 is 17.1 Å². The fourth-order valence-corrected chi connectivity index (χ4v) is 3.55. The van der Waals surface area contributed by atoms with Crippen LogP contribution in [0.3, 0.4) is 0 Å². The zero-order chi connectivity index (χ0) is 22.5. The first-order valence-electron chi connectivity index (χ1n) is 10.3. The molecule has 0 bridgehead atoms. The molecule has 7 heteroatoms. The van der Waals surface area contributed by atoms with E-state index in [1.54, 1.807) is 4.90 Å². The van der Waals surface area contributed by atoms with Crippen LogP contribution in [0.2, 0.25) is 0 Å². The van der Waals surface area contributed by atoms with Crippen molar-refractivity contribution in [2.45, 2.75) is 65.6 Å². The average Bonchev–Trinajstić information content (AvgIpc) is 3.07. The van der Waals surface area contributed by atoms with Gasteiger partial charge in [0.05, 0.1) is 12.1 Å². The summed E-state index contributed by atoms with van der Waals surface area (Å²) in [7, 11) is 0. The number of ether oxygens (including phenoxy) is 2. The number of nitrogens with zero attached hydrogens (tertiary/aromatic N) is 2. The largest absolute Gasteiger partial charge is 0.460 e. The maximum Gasteiger partial charge on any atom is 0.410 e. The molecule has 1 amide bonds. The molecular formula is C23H34N2O5. The summed E-state index contributed by atoms with van der Waals surface area (Å²) in [4.78, 5) is 27.2. The van der Waals surface area contributed by atoms with Crippen LogP contribution in [0.5, 0.6) is 0 Å². The van der Waals surface area contributed by atoms with E-state index in [9.17, 15) is 9.59 Å². The predicted octanol–water partition coefficient (Wildman–Crippen LogP) is 4.25. The van der Waals surface area contributed by atoms with Crippen LogP contribution < -0.4 is 0 Å². The fraction of sp³-hybridized carbons (Fsp3) is 0.609. The quantitative estimate of drug-likeness (QED) is 0.334. The highest BCUT2D eigenvalue weighted by atomic mass is 16.6. The molecule has 1 aromatic rings. The number of hydrogen-bond donors (Lipinski definition) is 1. The summed E-state index contributed by atoms with van der Waals surface area (Å²) in [5.41, 5.74) is 0.539. The van der Waals surface area contributed by atoms with Crippen molar-refractivity contribution >= 4 is 18.3 Å². The molecule has 0 aliphatic carbocycles. The maximum absolute atomic E-state index is 13.0. The zero-order valence-corrected chi connectivity index (χ0v) is 18.8. The SMILES string of the molecule is CC(C)(C)OC(=O)C(Cc1cccc(C=NO)c1)[C@H]1CCN(C(=O)OC(C)(C)C)C1. The van der Waals surface area contributed by atoms with Gasteiger partial charge in [-0.15, -0.1) is 0 Å². The molecule has 0 spiro atoms. The molecular weight excluding hydrogens is 384 g/mol. The molecule has 1 saturated heterocycles. The topological polar surface area (TPSA) is 88.4 Å². The van der Waals surface area contributed by atoms with Crippen molar-refractivity contribution in [2.75, 3.05) is 13.1 Å². The molecule has 2 atom stereocenters. The van der Waals surface area contributed by atoms with Crippen LogP contribution in [0, 0.1) is 11.8 Å². The monoisotopic (exact) mass is 418 g/mol. The van der Waals surface area contributed by atoms with Crippen molar-refractivity contribution in [1.29, 1.82) is 0 Å². The highest BCUT2D eigenvalue weighted by Gasteiger charge is 2.39. The summed E-state index contributed by atoms with van der Waals surface area (Å²) in [6.07, 6.45) is 2.19. The molecule has 2 rings (SSSR count).